The zero-order valence-electron chi connectivity index (χ0n) is 9.83. The molecule has 0 aliphatic heterocycles. The second kappa shape index (κ2) is 5.10. The van der Waals surface area contributed by atoms with Gasteiger partial charge in [-0.05, 0) is 30.9 Å². The first-order valence-electron chi connectivity index (χ1n) is 5.97. The van der Waals surface area contributed by atoms with Crippen molar-refractivity contribution < 1.29 is 4.74 Å². The summed E-state index contributed by atoms with van der Waals surface area (Å²) in [7, 11) is 1.67. The minimum absolute atomic E-state index is 0.784. The van der Waals surface area contributed by atoms with Gasteiger partial charge in [-0.1, -0.05) is 12.8 Å². The molecule has 0 aromatic heterocycles. The van der Waals surface area contributed by atoms with Gasteiger partial charge in [0.2, 0.25) is 0 Å². The molecule has 1 fully saturated rings. The Kier molecular flexibility index (Phi) is 3.54. The van der Waals surface area contributed by atoms with Crippen LogP contribution in [0.4, 0.5) is 11.4 Å². The third-order valence-electron chi connectivity index (χ3n) is 3.06. The van der Waals surface area contributed by atoms with Crippen molar-refractivity contribution in [2.75, 3.05) is 24.7 Å². The molecular weight excluding hydrogens is 200 g/mol. The fraction of sp³-hybridized carbons (Fsp3) is 0.538. The van der Waals surface area contributed by atoms with Crippen molar-refractivity contribution in [2.45, 2.75) is 25.7 Å². The normalized spacial score (nSPS) is 14.8. The molecule has 1 aliphatic carbocycles. The van der Waals surface area contributed by atoms with E-state index in [1.54, 1.807) is 7.11 Å². The molecule has 0 radical (unpaired) electrons. The monoisotopic (exact) mass is 220 g/mol. The van der Waals surface area contributed by atoms with Crippen molar-refractivity contribution >= 4 is 11.4 Å². The highest BCUT2D eigenvalue weighted by atomic mass is 16.5. The molecule has 0 unspecified atom stereocenters. The van der Waals surface area contributed by atoms with Gasteiger partial charge in [0.05, 0.1) is 18.5 Å². The molecule has 2 rings (SSSR count). The Bertz CT molecular complexity index is 348. The van der Waals surface area contributed by atoms with E-state index in [9.17, 15) is 0 Å². The van der Waals surface area contributed by atoms with Crippen molar-refractivity contribution in [1.82, 2.24) is 0 Å². The smallest absolute Gasteiger partial charge is 0.121 e. The van der Waals surface area contributed by atoms with Crippen molar-refractivity contribution in [2.24, 2.45) is 5.92 Å². The molecule has 1 aliphatic rings. The molecule has 0 bridgehead atoms. The van der Waals surface area contributed by atoms with Crippen LogP contribution in [0.25, 0.3) is 0 Å². The highest BCUT2D eigenvalue weighted by molar-refractivity contribution is 5.68. The number of nitrogen functional groups attached to an aromatic ring is 1. The van der Waals surface area contributed by atoms with Crippen LogP contribution in [0.3, 0.4) is 0 Å². The first-order chi connectivity index (χ1) is 7.79. The fourth-order valence-electron chi connectivity index (χ4n) is 1.84. The molecule has 1 aromatic rings. The van der Waals surface area contributed by atoms with Gasteiger partial charge < -0.3 is 15.8 Å². The summed E-state index contributed by atoms with van der Waals surface area (Å²) in [5.41, 5.74) is 7.65. The number of hydrogen-bond acceptors (Lipinski definition) is 3. The lowest BCUT2D eigenvalue weighted by Gasteiger charge is -2.10. The van der Waals surface area contributed by atoms with Crippen molar-refractivity contribution in [3.05, 3.63) is 18.2 Å². The second-order valence-electron chi connectivity index (χ2n) is 4.47. The minimum Gasteiger partial charge on any atom is -0.497 e. The molecule has 0 spiro atoms. The Balaban J connectivity index is 1.81. The molecule has 1 saturated carbocycles. The number of hydrogen-bond donors (Lipinski definition) is 2. The Hall–Kier alpha value is -1.38. The highest BCUT2D eigenvalue weighted by Gasteiger charge is 2.19. The maximum atomic E-state index is 5.88. The van der Waals surface area contributed by atoms with E-state index in [-0.39, 0.29) is 0 Å². The van der Waals surface area contributed by atoms with Crippen LogP contribution in [0.1, 0.15) is 25.7 Å². The van der Waals surface area contributed by atoms with Gasteiger partial charge in [-0.3, -0.25) is 0 Å². The van der Waals surface area contributed by atoms with Crippen molar-refractivity contribution in [3.8, 4) is 5.75 Å². The van der Waals surface area contributed by atoms with Gasteiger partial charge in [-0.2, -0.15) is 0 Å². The first kappa shape index (κ1) is 11.1. The number of methoxy groups -OCH3 is 1. The zero-order chi connectivity index (χ0) is 11.4. The van der Waals surface area contributed by atoms with Gasteiger partial charge in [0.25, 0.3) is 0 Å². The Morgan fingerprint density at radius 3 is 2.94 bits per heavy atom. The van der Waals surface area contributed by atoms with Crippen LogP contribution in [0.2, 0.25) is 0 Å². The van der Waals surface area contributed by atoms with E-state index in [1.807, 2.05) is 18.2 Å². The van der Waals surface area contributed by atoms with Crippen molar-refractivity contribution in [1.29, 1.82) is 0 Å². The molecular formula is C13H20N2O. The average Bonchev–Trinajstić information content (AvgIpc) is 3.10. The summed E-state index contributed by atoms with van der Waals surface area (Å²) in [6.45, 7) is 0.994. The predicted molar refractivity (Wildman–Crippen MR) is 67.9 cm³/mol. The molecule has 0 amide bonds. The Morgan fingerprint density at radius 1 is 1.44 bits per heavy atom. The van der Waals surface area contributed by atoms with E-state index in [0.29, 0.717) is 0 Å². The summed E-state index contributed by atoms with van der Waals surface area (Å²) < 4.78 is 5.17. The second-order valence-corrected chi connectivity index (χ2v) is 4.47. The molecule has 88 valence electrons. The largest absolute Gasteiger partial charge is 0.497 e. The topological polar surface area (TPSA) is 47.3 Å². The molecule has 0 heterocycles. The van der Waals surface area contributed by atoms with E-state index >= 15 is 0 Å². The summed E-state index contributed by atoms with van der Waals surface area (Å²) in [4.78, 5) is 0. The van der Waals surface area contributed by atoms with Crippen LogP contribution in [-0.4, -0.2) is 13.7 Å². The molecule has 16 heavy (non-hydrogen) atoms. The van der Waals surface area contributed by atoms with E-state index in [1.165, 1.54) is 25.7 Å². The quantitative estimate of drug-likeness (QED) is 0.572. The number of nitrogens with two attached hydrogens (primary N) is 1. The molecule has 3 nitrogen and oxygen atoms in total. The molecule has 0 saturated heterocycles. The lowest BCUT2D eigenvalue weighted by atomic mass is 10.2. The maximum absolute atomic E-state index is 5.88. The van der Waals surface area contributed by atoms with E-state index in [4.69, 9.17) is 10.5 Å². The van der Waals surface area contributed by atoms with Crippen LogP contribution in [0.5, 0.6) is 5.75 Å². The van der Waals surface area contributed by atoms with Crippen LogP contribution in [0.15, 0.2) is 18.2 Å². The lowest BCUT2D eigenvalue weighted by Crippen LogP contribution is -2.04. The summed E-state index contributed by atoms with van der Waals surface area (Å²) in [5, 5.41) is 3.37. The molecule has 3 heteroatoms. The van der Waals surface area contributed by atoms with Crippen LogP contribution in [-0.2, 0) is 0 Å². The van der Waals surface area contributed by atoms with Crippen molar-refractivity contribution in [3.63, 3.8) is 0 Å². The van der Waals surface area contributed by atoms with Crippen LogP contribution in [0, 0.1) is 5.92 Å². The molecule has 1 aromatic carbocycles. The summed E-state index contributed by atoms with van der Waals surface area (Å²) >= 11 is 0. The van der Waals surface area contributed by atoms with E-state index < -0.39 is 0 Å². The van der Waals surface area contributed by atoms with E-state index in [2.05, 4.69) is 5.32 Å². The van der Waals surface area contributed by atoms with E-state index in [0.717, 1.165) is 29.6 Å². The summed E-state index contributed by atoms with van der Waals surface area (Å²) in [6.07, 6.45) is 5.43. The highest BCUT2D eigenvalue weighted by Crippen LogP contribution is 2.33. The zero-order valence-corrected chi connectivity index (χ0v) is 9.83. The van der Waals surface area contributed by atoms with Crippen LogP contribution >= 0.6 is 0 Å². The van der Waals surface area contributed by atoms with Gasteiger partial charge in [0, 0.05) is 12.6 Å². The van der Waals surface area contributed by atoms with Gasteiger partial charge in [0.1, 0.15) is 5.75 Å². The van der Waals surface area contributed by atoms with Gasteiger partial charge in [-0.15, -0.1) is 0 Å². The fourth-order valence-corrected chi connectivity index (χ4v) is 1.84. The number of rotatable bonds is 6. The predicted octanol–water partition coefficient (Wildman–Crippen LogP) is 2.88. The number of nitrogens with one attached hydrogen (secondary N) is 1. The maximum Gasteiger partial charge on any atom is 0.121 e. The number of benzene rings is 1. The third-order valence-corrected chi connectivity index (χ3v) is 3.06. The van der Waals surface area contributed by atoms with Gasteiger partial charge in [-0.25, -0.2) is 0 Å². The standard InChI is InChI=1S/C13H20N2O/c1-16-11-6-7-12(14)13(9-11)15-8-2-3-10-4-5-10/h6-7,9-10,15H,2-5,8,14H2,1H3. The average molecular weight is 220 g/mol. The molecule has 0 atom stereocenters. The number of ether oxygens (including phenoxy) is 1. The lowest BCUT2D eigenvalue weighted by molar-refractivity contribution is 0.415. The molecule has 3 N–H and O–H groups in total. The van der Waals surface area contributed by atoms with Gasteiger partial charge >= 0.3 is 0 Å². The van der Waals surface area contributed by atoms with Gasteiger partial charge in [0.15, 0.2) is 0 Å². The summed E-state index contributed by atoms with van der Waals surface area (Å²) in [5.74, 6) is 1.85. The minimum atomic E-state index is 0.784. The Labute approximate surface area is 97.0 Å². The number of anilines is 2. The first-order valence-corrected chi connectivity index (χ1v) is 5.97. The van der Waals surface area contributed by atoms with Crippen LogP contribution < -0.4 is 15.8 Å². The SMILES string of the molecule is COc1ccc(N)c(NCCCC2CC2)c1. The Morgan fingerprint density at radius 2 is 2.25 bits per heavy atom. The summed E-state index contributed by atoms with van der Waals surface area (Å²) in [6, 6.07) is 5.71. The third kappa shape index (κ3) is 3.05.